The van der Waals surface area contributed by atoms with E-state index in [1.807, 2.05) is 6.92 Å². The van der Waals surface area contributed by atoms with Crippen molar-refractivity contribution in [1.29, 1.82) is 0 Å². The number of piperidine rings is 1. The van der Waals surface area contributed by atoms with Crippen molar-refractivity contribution in [3.63, 3.8) is 0 Å². The van der Waals surface area contributed by atoms with Gasteiger partial charge in [-0.2, -0.15) is 0 Å². The zero-order valence-corrected chi connectivity index (χ0v) is 10.4. The molecule has 90 valence electrons. The van der Waals surface area contributed by atoms with Gasteiger partial charge >= 0.3 is 0 Å². The number of aryl methyl sites for hydroxylation is 1. The van der Waals surface area contributed by atoms with Gasteiger partial charge in [0.2, 0.25) is 0 Å². The molecule has 4 heteroatoms. The van der Waals surface area contributed by atoms with Crippen LogP contribution < -0.4 is 5.32 Å². The molecule has 0 aliphatic carbocycles. The van der Waals surface area contributed by atoms with E-state index in [1.165, 1.54) is 19.2 Å². The van der Waals surface area contributed by atoms with Gasteiger partial charge in [-0.05, 0) is 33.7 Å². The fraction of sp³-hybridized carbons (Fsp3) is 0.750. The van der Waals surface area contributed by atoms with E-state index in [9.17, 15) is 0 Å². The van der Waals surface area contributed by atoms with Crippen LogP contribution >= 0.6 is 0 Å². The lowest BCUT2D eigenvalue weighted by Crippen LogP contribution is -2.49. The molecule has 1 aromatic heterocycles. The molecule has 1 aliphatic rings. The van der Waals surface area contributed by atoms with Gasteiger partial charge in [0.1, 0.15) is 5.76 Å². The van der Waals surface area contributed by atoms with Crippen LogP contribution in [0.2, 0.25) is 0 Å². The largest absolute Gasteiger partial charge is 0.448 e. The smallest absolute Gasteiger partial charge is 0.181 e. The zero-order chi connectivity index (χ0) is 11.6. The van der Waals surface area contributed by atoms with Crippen LogP contribution in [-0.4, -0.2) is 35.6 Å². The summed E-state index contributed by atoms with van der Waals surface area (Å²) in [6.45, 7) is 7.45. The molecule has 0 saturated carbocycles. The minimum atomic E-state index is 0.315. The highest BCUT2D eigenvalue weighted by Gasteiger charge is 2.28. The quantitative estimate of drug-likeness (QED) is 0.844. The van der Waals surface area contributed by atoms with Gasteiger partial charge in [0.15, 0.2) is 6.39 Å². The van der Waals surface area contributed by atoms with Gasteiger partial charge in [-0.15, -0.1) is 0 Å². The maximum absolute atomic E-state index is 5.22. The molecule has 1 N–H and O–H groups in total. The highest BCUT2D eigenvalue weighted by molar-refractivity contribution is 5.05. The van der Waals surface area contributed by atoms with Crippen molar-refractivity contribution >= 4 is 0 Å². The van der Waals surface area contributed by atoms with Crippen molar-refractivity contribution in [2.24, 2.45) is 0 Å². The van der Waals surface area contributed by atoms with Crippen LogP contribution in [0.5, 0.6) is 0 Å². The van der Waals surface area contributed by atoms with E-state index in [1.54, 1.807) is 0 Å². The van der Waals surface area contributed by atoms with Gasteiger partial charge in [0.25, 0.3) is 0 Å². The Labute approximate surface area is 97.0 Å². The summed E-state index contributed by atoms with van der Waals surface area (Å²) in [6, 6.07) is 0. The van der Waals surface area contributed by atoms with Crippen molar-refractivity contribution in [1.82, 2.24) is 15.2 Å². The second-order valence-electron chi connectivity index (χ2n) is 4.94. The van der Waals surface area contributed by atoms with Crippen molar-refractivity contribution in [2.45, 2.75) is 38.8 Å². The Kier molecular flexibility index (Phi) is 3.30. The average Bonchev–Trinajstić information content (AvgIpc) is 2.68. The lowest BCUT2D eigenvalue weighted by atomic mass is 9.90. The first-order chi connectivity index (χ1) is 7.63. The number of oxazole rings is 1. The van der Waals surface area contributed by atoms with E-state index in [2.05, 4.69) is 29.2 Å². The molecule has 4 nitrogen and oxygen atoms in total. The van der Waals surface area contributed by atoms with Crippen LogP contribution in [0.25, 0.3) is 0 Å². The summed E-state index contributed by atoms with van der Waals surface area (Å²) in [7, 11) is 2.05. The molecular formula is C12H21N3O. The number of aromatic nitrogens is 1. The third-order valence-corrected chi connectivity index (χ3v) is 3.78. The molecule has 1 aromatic rings. The Balaban J connectivity index is 1.88. The number of likely N-dealkylation sites (tertiary alicyclic amines) is 1. The third-order valence-electron chi connectivity index (χ3n) is 3.78. The van der Waals surface area contributed by atoms with Crippen LogP contribution in [0.4, 0.5) is 0 Å². The number of hydrogen-bond donors (Lipinski definition) is 1. The van der Waals surface area contributed by atoms with Gasteiger partial charge in [-0.3, -0.25) is 4.90 Å². The van der Waals surface area contributed by atoms with Crippen LogP contribution in [0.3, 0.4) is 0 Å². The maximum Gasteiger partial charge on any atom is 0.181 e. The second kappa shape index (κ2) is 4.55. The normalized spacial score (nSPS) is 21.2. The standard InChI is InChI=1S/C12H21N3O/c1-10-11(14-9-16-10)8-15-6-4-12(2,13-3)5-7-15/h9,13H,4-8H2,1-3H3. The highest BCUT2D eigenvalue weighted by Crippen LogP contribution is 2.22. The van der Waals surface area contributed by atoms with E-state index in [0.717, 1.165) is 31.1 Å². The minimum absolute atomic E-state index is 0.315. The van der Waals surface area contributed by atoms with Crippen LogP contribution in [0.15, 0.2) is 10.8 Å². The number of nitrogens with one attached hydrogen (secondary N) is 1. The maximum atomic E-state index is 5.22. The molecule has 0 aromatic carbocycles. The molecule has 1 aliphatic heterocycles. The Morgan fingerprint density at radius 2 is 2.19 bits per heavy atom. The summed E-state index contributed by atoms with van der Waals surface area (Å²) in [5.41, 5.74) is 1.39. The predicted molar refractivity (Wildman–Crippen MR) is 63.2 cm³/mol. The van der Waals surface area contributed by atoms with Gasteiger partial charge in [0, 0.05) is 25.2 Å². The Morgan fingerprint density at radius 1 is 1.50 bits per heavy atom. The molecule has 0 radical (unpaired) electrons. The van der Waals surface area contributed by atoms with Gasteiger partial charge in [-0.1, -0.05) is 0 Å². The molecule has 0 spiro atoms. The summed E-state index contributed by atoms with van der Waals surface area (Å²) in [5, 5.41) is 3.41. The molecule has 0 bridgehead atoms. The minimum Gasteiger partial charge on any atom is -0.448 e. The SMILES string of the molecule is CNC1(C)CCN(Cc2ncoc2C)CC1. The van der Waals surface area contributed by atoms with E-state index in [0.29, 0.717) is 5.54 Å². The lowest BCUT2D eigenvalue weighted by Gasteiger charge is -2.39. The van der Waals surface area contributed by atoms with Gasteiger partial charge < -0.3 is 9.73 Å². The summed E-state index contributed by atoms with van der Waals surface area (Å²) in [6.07, 6.45) is 3.92. The number of rotatable bonds is 3. The average molecular weight is 223 g/mol. The fourth-order valence-corrected chi connectivity index (χ4v) is 2.15. The Hall–Kier alpha value is -0.870. The third kappa shape index (κ3) is 2.44. The van der Waals surface area contributed by atoms with Crippen molar-refractivity contribution in [3.05, 3.63) is 17.8 Å². The lowest BCUT2D eigenvalue weighted by molar-refractivity contribution is 0.144. The van der Waals surface area contributed by atoms with Crippen molar-refractivity contribution in [2.75, 3.05) is 20.1 Å². The van der Waals surface area contributed by atoms with E-state index in [-0.39, 0.29) is 0 Å². The first-order valence-electron chi connectivity index (χ1n) is 5.93. The fourth-order valence-electron chi connectivity index (χ4n) is 2.15. The molecule has 0 unspecified atom stereocenters. The molecule has 16 heavy (non-hydrogen) atoms. The van der Waals surface area contributed by atoms with E-state index >= 15 is 0 Å². The molecule has 2 heterocycles. The first kappa shape index (κ1) is 11.6. The summed E-state index contributed by atoms with van der Waals surface area (Å²) < 4.78 is 5.22. The number of hydrogen-bond acceptors (Lipinski definition) is 4. The second-order valence-corrected chi connectivity index (χ2v) is 4.94. The zero-order valence-electron chi connectivity index (χ0n) is 10.4. The Morgan fingerprint density at radius 3 is 2.69 bits per heavy atom. The molecule has 0 amide bonds. The van der Waals surface area contributed by atoms with Crippen LogP contribution in [-0.2, 0) is 6.54 Å². The van der Waals surface area contributed by atoms with E-state index < -0.39 is 0 Å². The van der Waals surface area contributed by atoms with E-state index in [4.69, 9.17) is 4.42 Å². The topological polar surface area (TPSA) is 41.3 Å². The summed E-state index contributed by atoms with van der Waals surface area (Å²) >= 11 is 0. The summed E-state index contributed by atoms with van der Waals surface area (Å²) in [5.74, 6) is 0.946. The Bertz CT molecular complexity index is 340. The monoisotopic (exact) mass is 223 g/mol. The molecule has 1 fully saturated rings. The van der Waals surface area contributed by atoms with Crippen molar-refractivity contribution < 1.29 is 4.42 Å². The predicted octanol–water partition coefficient (Wildman–Crippen LogP) is 1.56. The van der Waals surface area contributed by atoms with Crippen LogP contribution in [0, 0.1) is 6.92 Å². The van der Waals surface area contributed by atoms with Crippen LogP contribution in [0.1, 0.15) is 31.2 Å². The molecule has 1 saturated heterocycles. The number of nitrogens with zero attached hydrogens (tertiary/aromatic N) is 2. The van der Waals surface area contributed by atoms with Crippen molar-refractivity contribution in [3.8, 4) is 0 Å². The first-order valence-corrected chi connectivity index (χ1v) is 5.93. The summed E-state index contributed by atoms with van der Waals surface area (Å²) in [4.78, 5) is 6.69. The van der Waals surface area contributed by atoms with Gasteiger partial charge in [-0.25, -0.2) is 4.98 Å². The molecular weight excluding hydrogens is 202 g/mol. The highest BCUT2D eigenvalue weighted by atomic mass is 16.3. The molecule has 2 rings (SSSR count). The molecule has 0 atom stereocenters. The van der Waals surface area contributed by atoms with Gasteiger partial charge in [0.05, 0.1) is 5.69 Å².